The molecule has 49 heavy (non-hydrogen) atoms. The van der Waals surface area contributed by atoms with Gasteiger partial charge >= 0.3 is 6.03 Å². The second-order valence-corrected chi connectivity index (χ2v) is 17.0. The Kier molecular flexibility index (Phi) is 9.82. The van der Waals surface area contributed by atoms with Gasteiger partial charge in [-0.1, -0.05) is 104 Å². The summed E-state index contributed by atoms with van der Waals surface area (Å²) in [6, 6.07) is 4.30. The lowest BCUT2D eigenvalue weighted by molar-refractivity contribution is -0.143. The molecule has 11 nitrogen and oxygen atoms in total. The minimum atomic E-state index is -1.09. The van der Waals surface area contributed by atoms with Crippen LogP contribution in [0.2, 0.25) is 0 Å². The van der Waals surface area contributed by atoms with E-state index < -0.39 is 59.1 Å². The van der Waals surface area contributed by atoms with Crippen molar-refractivity contribution >= 4 is 35.3 Å². The van der Waals surface area contributed by atoms with E-state index >= 15 is 0 Å². The summed E-state index contributed by atoms with van der Waals surface area (Å²) >= 11 is 0. The van der Waals surface area contributed by atoms with Crippen LogP contribution in [0.15, 0.2) is 30.3 Å². The highest BCUT2D eigenvalue weighted by atomic mass is 16.2. The fourth-order valence-electron chi connectivity index (χ4n) is 9.24. The number of nitrogens with zero attached hydrogens (tertiary/aromatic N) is 1. The lowest BCUT2D eigenvalue weighted by Crippen LogP contribution is -2.61. The molecule has 3 saturated carbocycles. The molecular formula is C38H55N5O6. The van der Waals surface area contributed by atoms with Gasteiger partial charge in [0.1, 0.15) is 12.1 Å². The number of carbonyl (C=O) groups excluding carboxylic acids is 6. The number of fused-ring (bicyclic) bond motifs is 1. The first kappa shape index (κ1) is 36.5. The summed E-state index contributed by atoms with van der Waals surface area (Å²) in [4.78, 5) is 82.3. The molecule has 0 bridgehead atoms. The Morgan fingerprint density at radius 3 is 2.02 bits per heavy atom. The summed E-state index contributed by atoms with van der Waals surface area (Å²) in [5.74, 6) is -3.03. The summed E-state index contributed by atoms with van der Waals surface area (Å²) in [7, 11) is 0. The van der Waals surface area contributed by atoms with Crippen LogP contribution >= 0.6 is 0 Å². The van der Waals surface area contributed by atoms with Crippen LogP contribution in [-0.2, 0) is 19.2 Å². The first-order valence-electron chi connectivity index (χ1n) is 18.0. The Balaban J connectivity index is 1.40. The van der Waals surface area contributed by atoms with Crippen LogP contribution in [0, 0.1) is 33.5 Å². The van der Waals surface area contributed by atoms with Gasteiger partial charge in [-0.15, -0.1) is 0 Å². The second-order valence-electron chi connectivity index (χ2n) is 17.0. The van der Waals surface area contributed by atoms with Crippen molar-refractivity contribution in [1.29, 1.82) is 0 Å². The van der Waals surface area contributed by atoms with Gasteiger partial charge in [0, 0.05) is 17.5 Å². The van der Waals surface area contributed by atoms with E-state index in [2.05, 4.69) is 29.8 Å². The van der Waals surface area contributed by atoms with Crippen LogP contribution in [0.1, 0.15) is 110 Å². The number of rotatable bonds is 12. The Morgan fingerprint density at radius 1 is 0.918 bits per heavy atom. The fourth-order valence-corrected chi connectivity index (χ4v) is 9.24. The lowest BCUT2D eigenvalue weighted by Gasteiger charge is -2.36. The summed E-state index contributed by atoms with van der Waals surface area (Å²) < 4.78 is 0. The quantitative estimate of drug-likeness (QED) is 0.192. The number of nitrogens with two attached hydrogens (primary N) is 1. The van der Waals surface area contributed by atoms with E-state index in [1.165, 1.54) is 0 Å². The zero-order valence-corrected chi connectivity index (χ0v) is 30.2. The molecule has 3 aliphatic carbocycles. The molecule has 5 amide bonds. The number of primary amides is 1. The van der Waals surface area contributed by atoms with E-state index in [9.17, 15) is 28.8 Å². The zero-order chi connectivity index (χ0) is 36.1. The zero-order valence-electron chi connectivity index (χ0n) is 30.2. The summed E-state index contributed by atoms with van der Waals surface area (Å²) in [5.41, 5.74) is 4.73. The molecule has 0 radical (unpaired) electrons. The third kappa shape index (κ3) is 6.38. The predicted molar refractivity (Wildman–Crippen MR) is 185 cm³/mol. The van der Waals surface area contributed by atoms with E-state index in [0.717, 1.165) is 38.5 Å². The normalized spacial score (nSPS) is 25.5. The van der Waals surface area contributed by atoms with Gasteiger partial charge in [0.2, 0.25) is 17.6 Å². The van der Waals surface area contributed by atoms with E-state index in [1.807, 2.05) is 40.7 Å². The molecular weight excluding hydrogens is 622 g/mol. The highest BCUT2D eigenvalue weighted by molar-refractivity contribution is 6.37. The minimum absolute atomic E-state index is 0.0201. The van der Waals surface area contributed by atoms with Crippen molar-refractivity contribution in [2.45, 2.75) is 124 Å². The predicted octanol–water partition coefficient (Wildman–Crippen LogP) is 4.13. The standard InChI is InChI=1S/C38H55N5O6/c1-22(2)27(28(44)24-15-9-8-10-16-24)41-34(49)42-30(35(3,4)5)33(48)43-21-38(36(6,7)37(38)17-12-18-37)20-26(43)32(47)40-25(29(45)31(39)46)19-23-13-11-14-23/h8-10,15-16,22-23,25-27,30H,11-14,17-21H2,1-7H3,(H2,39,46)(H,40,47)(H2,41,42,49)/t25?,26-,27+,30+,38-/m0/s1. The number of hydrogen-bond donors (Lipinski definition) is 4. The maximum atomic E-state index is 14.7. The molecule has 1 unspecified atom stereocenters. The number of benzene rings is 1. The molecule has 1 aromatic carbocycles. The van der Waals surface area contributed by atoms with E-state index in [4.69, 9.17) is 5.73 Å². The fraction of sp³-hybridized carbons (Fsp3) is 0.684. The molecule has 1 aromatic rings. The first-order valence-corrected chi connectivity index (χ1v) is 18.0. The van der Waals surface area contributed by atoms with E-state index in [0.29, 0.717) is 24.9 Å². The summed E-state index contributed by atoms with van der Waals surface area (Å²) in [5, 5.41) is 8.54. The number of Topliss-reactive ketones (excluding diaryl/α,β-unsaturated/α-hetero) is 2. The second kappa shape index (κ2) is 13.2. The number of ketones is 2. The number of likely N-dealkylation sites (tertiary alicyclic amines) is 1. The van der Waals surface area contributed by atoms with E-state index in [1.54, 1.807) is 29.2 Å². The van der Waals surface area contributed by atoms with Crippen molar-refractivity contribution in [3.05, 3.63) is 35.9 Å². The highest BCUT2D eigenvalue weighted by Gasteiger charge is 2.85. The minimum Gasteiger partial charge on any atom is -0.363 e. The first-order chi connectivity index (χ1) is 22.9. The van der Waals surface area contributed by atoms with Crippen molar-refractivity contribution in [3.63, 3.8) is 0 Å². The van der Waals surface area contributed by atoms with Crippen LogP contribution in [0.4, 0.5) is 4.79 Å². The molecule has 1 heterocycles. The summed E-state index contributed by atoms with van der Waals surface area (Å²) in [6.07, 6.45) is 6.78. The molecule has 11 heteroatoms. The molecule has 2 spiro atoms. The van der Waals surface area contributed by atoms with Gasteiger partial charge in [0.25, 0.3) is 5.91 Å². The van der Waals surface area contributed by atoms with Crippen molar-refractivity contribution in [2.75, 3.05) is 6.54 Å². The van der Waals surface area contributed by atoms with Gasteiger partial charge in [-0.05, 0) is 53.8 Å². The molecule has 5 N–H and O–H groups in total. The Morgan fingerprint density at radius 2 is 1.55 bits per heavy atom. The number of urea groups is 1. The number of carbonyl (C=O) groups is 6. The van der Waals surface area contributed by atoms with Crippen LogP contribution in [0.25, 0.3) is 0 Å². The van der Waals surface area contributed by atoms with Crippen molar-refractivity contribution in [2.24, 2.45) is 39.2 Å². The lowest BCUT2D eigenvalue weighted by atomic mass is 9.73. The van der Waals surface area contributed by atoms with Gasteiger partial charge in [-0.3, -0.25) is 24.0 Å². The van der Waals surface area contributed by atoms with Crippen molar-refractivity contribution in [3.8, 4) is 0 Å². The molecule has 1 aliphatic heterocycles. The summed E-state index contributed by atoms with van der Waals surface area (Å²) in [6.45, 7) is 14.0. The number of hydrogen-bond acceptors (Lipinski definition) is 6. The maximum absolute atomic E-state index is 14.7. The Labute approximate surface area is 290 Å². The third-order valence-electron chi connectivity index (χ3n) is 12.7. The largest absolute Gasteiger partial charge is 0.363 e. The topological polar surface area (TPSA) is 168 Å². The van der Waals surface area contributed by atoms with Crippen LogP contribution < -0.4 is 21.7 Å². The van der Waals surface area contributed by atoms with Crippen LogP contribution in [0.3, 0.4) is 0 Å². The van der Waals surface area contributed by atoms with Crippen LogP contribution in [-0.4, -0.2) is 70.9 Å². The molecule has 0 aromatic heterocycles. The van der Waals surface area contributed by atoms with E-state index in [-0.39, 0.29) is 33.9 Å². The molecule has 4 aliphatic rings. The van der Waals surface area contributed by atoms with Gasteiger partial charge in [-0.2, -0.15) is 0 Å². The molecule has 5 atom stereocenters. The van der Waals surface area contributed by atoms with Gasteiger partial charge in [0.15, 0.2) is 5.78 Å². The number of amides is 5. The molecule has 5 rings (SSSR count). The maximum Gasteiger partial charge on any atom is 0.316 e. The average Bonchev–Trinajstić information content (AvgIpc) is 3.21. The number of nitrogens with one attached hydrogen (secondary N) is 3. The van der Waals surface area contributed by atoms with Crippen LogP contribution in [0.5, 0.6) is 0 Å². The third-order valence-corrected chi connectivity index (χ3v) is 12.7. The monoisotopic (exact) mass is 677 g/mol. The van der Waals surface area contributed by atoms with Gasteiger partial charge in [0.05, 0.1) is 12.1 Å². The molecule has 1 saturated heterocycles. The van der Waals surface area contributed by atoms with Gasteiger partial charge < -0.3 is 26.6 Å². The van der Waals surface area contributed by atoms with Crippen molar-refractivity contribution in [1.82, 2.24) is 20.9 Å². The average molecular weight is 678 g/mol. The smallest absolute Gasteiger partial charge is 0.316 e. The SMILES string of the molecule is CC(C)[C@@H](NC(=O)N[C@H](C(=O)N1C[C@@]2(C[C@H]1C(=O)NC(CC1CCC1)C(=O)C(N)=O)C(C)(C)C21CCC1)C(C)(C)C)C(=O)c1ccccc1. The molecule has 4 fully saturated rings. The Hall–Kier alpha value is -3.76. The van der Waals surface area contributed by atoms with Crippen molar-refractivity contribution < 1.29 is 28.8 Å². The Bertz CT molecular complexity index is 1490. The molecule has 268 valence electrons. The highest BCUT2D eigenvalue weighted by Crippen LogP contribution is 2.88. The van der Waals surface area contributed by atoms with Gasteiger partial charge in [-0.25, -0.2) is 4.79 Å².